The first kappa shape index (κ1) is 14.8. The van der Waals surface area contributed by atoms with Gasteiger partial charge in [0.2, 0.25) is 0 Å². The molecule has 1 aromatic rings. The number of nitrogens with one attached hydrogen (secondary N) is 1. The van der Waals surface area contributed by atoms with Crippen LogP contribution >= 0.6 is 22.6 Å². The number of halogens is 1. The van der Waals surface area contributed by atoms with E-state index in [-0.39, 0.29) is 17.2 Å². The molecule has 0 bridgehead atoms. The van der Waals surface area contributed by atoms with Crippen LogP contribution in [-0.2, 0) is 0 Å². The van der Waals surface area contributed by atoms with Crippen molar-refractivity contribution in [2.75, 3.05) is 6.54 Å². The van der Waals surface area contributed by atoms with Crippen molar-refractivity contribution in [3.05, 3.63) is 37.4 Å². The summed E-state index contributed by atoms with van der Waals surface area (Å²) in [6, 6.07) is 4.14. The Balaban J connectivity index is 2.78. The number of non-ortho nitro benzene ring substituents is 1. The fraction of sp³-hybridized carbons (Fsp3) is 0.364. The van der Waals surface area contributed by atoms with Gasteiger partial charge in [-0.2, -0.15) is 0 Å². The van der Waals surface area contributed by atoms with Crippen LogP contribution in [0.15, 0.2) is 18.2 Å². The highest BCUT2D eigenvalue weighted by molar-refractivity contribution is 14.1. The van der Waals surface area contributed by atoms with E-state index in [1.165, 1.54) is 18.2 Å². The molecule has 0 fully saturated rings. The number of nitro groups is 1. The highest BCUT2D eigenvalue weighted by Gasteiger charge is 2.15. The Bertz CT molecular complexity index is 462. The minimum atomic E-state index is -0.539. The second-order valence-electron chi connectivity index (χ2n) is 3.81. The van der Waals surface area contributed by atoms with Gasteiger partial charge < -0.3 is 10.4 Å². The number of aliphatic hydroxyl groups is 1. The minimum absolute atomic E-state index is 0.115. The van der Waals surface area contributed by atoms with Gasteiger partial charge in [-0.3, -0.25) is 14.9 Å². The first-order chi connectivity index (χ1) is 8.41. The maximum Gasteiger partial charge on any atom is 0.270 e. The van der Waals surface area contributed by atoms with Gasteiger partial charge in [0.25, 0.3) is 11.6 Å². The van der Waals surface area contributed by atoms with E-state index in [2.05, 4.69) is 5.32 Å². The zero-order valence-corrected chi connectivity index (χ0v) is 11.9. The van der Waals surface area contributed by atoms with Crippen LogP contribution in [0.1, 0.15) is 23.7 Å². The summed E-state index contributed by atoms with van der Waals surface area (Å²) in [5, 5.41) is 22.3. The molecule has 2 N–H and O–H groups in total. The first-order valence-electron chi connectivity index (χ1n) is 5.32. The van der Waals surface area contributed by atoms with E-state index in [1.54, 1.807) is 6.92 Å². The van der Waals surface area contributed by atoms with E-state index in [0.717, 1.165) is 0 Å². The van der Waals surface area contributed by atoms with Gasteiger partial charge in [0.1, 0.15) is 0 Å². The summed E-state index contributed by atoms with van der Waals surface area (Å²) in [5.41, 5.74) is 0.159. The molecule has 18 heavy (non-hydrogen) atoms. The van der Waals surface area contributed by atoms with Crippen molar-refractivity contribution in [3.63, 3.8) is 0 Å². The molecule has 0 aliphatic heterocycles. The fourth-order valence-corrected chi connectivity index (χ4v) is 1.87. The van der Waals surface area contributed by atoms with Crippen molar-refractivity contribution >= 4 is 34.2 Å². The second kappa shape index (κ2) is 6.64. The molecular weight excluding hydrogens is 351 g/mol. The fourth-order valence-electron chi connectivity index (χ4n) is 1.29. The van der Waals surface area contributed by atoms with Crippen molar-refractivity contribution in [2.45, 2.75) is 19.4 Å². The Kier molecular flexibility index (Phi) is 5.48. The summed E-state index contributed by atoms with van der Waals surface area (Å²) in [6.07, 6.45) is -0.0495. The molecule has 0 aliphatic rings. The number of hydrogen-bond donors (Lipinski definition) is 2. The van der Waals surface area contributed by atoms with Crippen molar-refractivity contribution in [1.29, 1.82) is 0 Å². The van der Waals surface area contributed by atoms with Gasteiger partial charge in [-0.25, -0.2) is 0 Å². The van der Waals surface area contributed by atoms with E-state index in [0.29, 0.717) is 16.5 Å². The van der Waals surface area contributed by atoms with E-state index in [9.17, 15) is 14.9 Å². The zero-order chi connectivity index (χ0) is 13.7. The molecule has 0 radical (unpaired) electrons. The van der Waals surface area contributed by atoms with Crippen LogP contribution < -0.4 is 5.32 Å². The lowest BCUT2D eigenvalue weighted by molar-refractivity contribution is -0.384. The number of carbonyl (C=O) groups excluding carboxylic acids is 1. The Morgan fingerprint density at radius 3 is 2.83 bits per heavy atom. The standard InChI is InChI=1S/C11H13IN2O4/c1-7(15)4-5-13-11(16)9-6-8(14(17)18)2-3-10(9)12/h2-3,6-7,15H,4-5H2,1H3,(H,13,16). The Labute approximate surface area is 118 Å². The van der Waals surface area contributed by atoms with E-state index >= 15 is 0 Å². The van der Waals surface area contributed by atoms with Crippen LogP contribution in [0.25, 0.3) is 0 Å². The summed E-state index contributed by atoms with van der Waals surface area (Å²) in [5.74, 6) is -0.372. The van der Waals surface area contributed by atoms with Crippen molar-refractivity contribution < 1.29 is 14.8 Å². The summed E-state index contributed by atoms with van der Waals surface area (Å²) < 4.78 is 0.646. The first-order valence-corrected chi connectivity index (χ1v) is 6.40. The van der Waals surface area contributed by atoms with Crippen LogP contribution in [0.5, 0.6) is 0 Å². The van der Waals surface area contributed by atoms with Gasteiger partial charge in [-0.1, -0.05) is 0 Å². The highest BCUT2D eigenvalue weighted by Crippen LogP contribution is 2.19. The molecule has 6 nitrogen and oxygen atoms in total. The van der Waals surface area contributed by atoms with E-state index in [4.69, 9.17) is 5.11 Å². The molecule has 0 saturated heterocycles. The molecule has 1 amide bonds. The predicted octanol–water partition coefficient (Wildman–Crippen LogP) is 1.70. The van der Waals surface area contributed by atoms with Gasteiger partial charge >= 0.3 is 0 Å². The Morgan fingerprint density at radius 1 is 1.61 bits per heavy atom. The van der Waals surface area contributed by atoms with Crippen molar-refractivity contribution in [2.24, 2.45) is 0 Å². The lowest BCUT2D eigenvalue weighted by atomic mass is 10.2. The molecule has 7 heteroatoms. The topological polar surface area (TPSA) is 92.5 Å². The molecule has 1 rings (SSSR count). The normalized spacial score (nSPS) is 11.9. The molecule has 0 aliphatic carbocycles. The summed E-state index contributed by atoms with van der Waals surface area (Å²) >= 11 is 1.95. The number of nitro benzene ring substituents is 1. The lowest BCUT2D eigenvalue weighted by Gasteiger charge is -2.08. The predicted molar refractivity (Wildman–Crippen MR) is 74.4 cm³/mol. The van der Waals surface area contributed by atoms with Crippen LogP contribution in [0.3, 0.4) is 0 Å². The number of amides is 1. The lowest BCUT2D eigenvalue weighted by Crippen LogP contribution is -2.27. The quantitative estimate of drug-likeness (QED) is 0.473. The molecule has 1 unspecified atom stereocenters. The van der Waals surface area contributed by atoms with E-state index in [1.807, 2.05) is 22.6 Å². The number of rotatable bonds is 5. The van der Waals surface area contributed by atoms with Crippen LogP contribution in [0.4, 0.5) is 5.69 Å². The summed E-state index contributed by atoms with van der Waals surface area (Å²) in [7, 11) is 0. The molecule has 0 aromatic heterocycles. The minimum Gasteiger partial charge on any atom is -0.393 e. The SMILES string of the molecule is CC(O)CCNC(=O)c1cc([N+](=O)[O-])ccc1I. The second-order valence-corrected chi connectivity index (χ2v) is 4.98. The van der Waals surface area contributed by atoms with E-state index < -0.39 is 11.0 Å². The number of hydrogen-bond acceptors (Lipinski definition) is 4. The smallest absolute Gasteiger partial charge is 0.270 e. The highest BCUT2D eigenvalue weighted by atomic mass is 127. The van der Waals surface area contributed by atoms with Crippen LogP contribution in [0.2, 0.25) is 0 Å². The Hall–Kier alpha value is -1.22. The molecule has 0 heterocycles. The monoisotopic (exact) mass is 364 g/mol. The van der Waals surface area contributed by atoms with Gasteiger partial charge in [0.05, 0.1) is 16.6 Å². The number of carbonyl (C=O) groups is 1. The molecular formula is C11H13IN2O4. The maximum atomic E-state index is 11.8. The van der Waals surface area contributed by atoms with Crippen molar-refractivity contribution in [1.82, 2.24) is 5.32 Å². The number of nitrogens with zero attached hydrogens (tertiary/aromatic N) is 1. The van der Waals surface area contributed by atoms with Gasteiger partial charge in [-0.05, 0) is 42.0 Å². The number of benzene rings is 1. The third kappa shape index (κ3) is 4.22. The maximum absolute atomic E-state index is 11.8. The molecule has 1 atom stereocenters. The van der Waals surface area contributed by atoms with Crippen molar-refractivity contribution in [3.8, 4) is 0 Å². The average Bonchev–Trinajstić information content (AvgIpc) is 2.28. The number of aliphatic hydroxyl groups excluding tert-OH is 1. The molecule has 1 aromatic carbocycles. The zero-order valence-electron chi connectivity index (χ0n) is 9.72. The molecule has 0 saturated carbocycles. The van der Waals surface area contributed by atoms with Crippen LogP contribution in [0, 0.1) is 13.7 Å². The third-order valence-corrected chi connectivity index (χ3v) is 3.19. The Morgan fingerprint density at radius 2 is 2.28 bits per heavy atom. The molecule has 98 valence electrons. The largest absolute Gasteiger partial charge is 0.393 e. The van der Waals surface area contributed by atoms with Gasteiger partial charge in [-0.15, -0.1) is 0 Å². The van der Waals surface area contributed by atoms with Gasteiger partial charge in [0, 0.05) is 22.2 Å². The average molecular weight is 364 g/mol. The van der Waals surface area contributed by atoms with Crippen LogP contribution in [-0.4, -0.2) is 28.6 Å². The summed E-state index contributed by atoms with van der Waals surface area (Å²) in [4.78, 5) is 21.9. The third-order valence-electron chi connectivity index (χ3n) is 2.25. The molecule has 0 spiro atoms. The van der Waals surface area contributed by atoms with Gasteiger partial charge in [0.15, 0.2) is 0 Å². The summed E-state index contributed by atoms with van der Waals surface area (Å²) in [6.45, 7) is 1.96.